The Labute approximate surface area is 171 Å². The molecule has 152 valence electrons. The SMILES string of the molecule is CCOC(=O)c1ccc(NC(=O)Cn2nc3ccc(SC(C)C)nn3c2=O)cc1. The highest BCUT2D eigenvalue weighted by molar-refractivity contribution is 7.99. The van der Waals surface area contributed by atoms with Crippen LogP contribution in [0.2, 0.25) is 0 Å². The van der Waals surface area contributed by atoms with Crippen molar-refractivity contribution < 1.29 is 14.3 Å². The lowest BCUT2D eigenvalue weighted by atomic mass is 10.2. The van der Waals surface area contributed by atoms with Gasteiger partial charge in [0, 0.05) is 10.9 Å². The first-order valence-electron chi connectivity index (χ1n) is 9.08. The Morgan fingerprint density at radius 3 is 2.52 bits per heavy atom. The molecular formula is C19H21N5O4S. The summed E-state index contributed by atoms with van der Waals surface area (Å²) in [5, 5.41) is 12.1. The van der Waals surface area contributed by atoms with Gasteiger partial charge in [-0.05, 0) is 43.3 Å². The predicted molar refractivity (Wildman–Crippen MR) is 109 cm³/mol. The van der Waals surface area contributed by atoms with Crippen LogP contribution >= 0.6 is 11.8 Å². The Morgan fingerprint density at radius 2 is 1.86 bits per heavy atom. The molecule has 1 aromatic carbocycles. The topological polar surface area (TPSA) is 108 Å². The third kappa shape index (κ3) is 5.02. The van der Waals surface area contributed by atoms with Crippen molar-refractivity contribution in [3.63, 3.8) is 0 Å². The van der Waals surface area contributed by atoms with E-state index < -0.39 is 17.6 Å². The minimum atomic E-state index is -0.487. The van der Waals surface area contributed by atoms with Crippen LogP contribution in [0.1, 0.15) is 31.1 Å². The molecule has 0 aliphatic rings. The zero-order valence-electron chi connectivity index (χ0n) is 16.3. The summed E-state index contributed by atoms with van der Waals surface area (Å²) in [6.45, 7) is 5.83. The first-order chi connectivity index (χ1) is 13.9. The Hall–Kier alpha value is -3.14. The molecule has 9 nitrogen and oxygen atoms in total. The molecule has 0 saturated carbocycles. The van der Waals surface area contributed by atoms with Crippen molar-refractivity contribution in [1.82, 2.24) is 19.4 Å². The van der Waals surface area contributed by atoms with Gasteiger partial charge in [0.1, 0.15) is 11.6 Å². The number of anilines is 1. The fraction of sp³-hybridized carbons (Fsp3) is 0.316. The van der Waals surface area contributed by atoms with Crippen molar-refractivity contribution in [3.05, 3.63) is 52.4 Å². The summed E-state index contributed by atoms with van der Waals surface area (Å²) in [5.74, 6) is -0.847. The van der Waals surface area contributed by atoms with Crippen molar-refractivity contribution in [3.8, 4) is 0 Å². The molecule has 0 atom stereocenters. The number of carbonyl (C=O) groups excluding carboxylic acids is 2. The number of nitrogens with zero attached hydrogens (tertiary/aromatic N) is 4. The van der Waals surface area contributed by atoms with Crippen LogP contribution in [0.3, 0.4) is 0 Å². The summed E-state index contributed by atoms with van der Waals surface area (Å²) in [6, 6.07) is 9.79. The fourth-order valence-electron chi connectivity index (χ4n) is 2.54. The molecule has 10 heteroatoms. The number of carbonyl (C=O) groups is 2. The van der Waals surface area contributed by atoms with Crippen molar-refractivity contribution >= 4 is 35.0 Å². The van der Waals surface area contributed by atoms with Crippen LogP contribution in [-0.4, -0.2) is 43.1 Å². The van der Waals surface area contributed by atoms with Crippen LogP contribution in [-0.2, 0) is 16.1 Å². The van der Waals surface area contributed by atoms with Crippen LogP contribution in [0.15, 0.2) is 46.2 Å². The van der Waals surface area contributed by atoms with Crippen LogP contribution in [0.5, 0.6) is 0 Å². The van der Waals surface area contributed by atoms with Gasteiger partial charge in [-0.3, -0.25) is 4.79 Å². The van der Waals surface area contributed by atoms with Gasteiger partial charge in [-0.25, -0.2) is 14.3 Å². The molecule has 0 aliphatic carbocycles. The van der Waals surface area contributed by atoms with E-state index in [0.29, 0.717) is 27.2 Å². The number of esters is 1. The predicted octanol–water partition coefficient (Wildman–Crippen LogP) is 2.21. The van der Waals surface area contributed by atoms with E-state index in [0.717, 1.165) is 4.68 Å². The number of amides is 1. The van der Waals surface area contributed by atoms with Crippen molar-refractivity contribution in [2.75, 3.05) is 11.9 Å². The van der Waals surface area contributed by atoms with E-state index in [2.05, 4.69) is 15.5 Å². The van der Waals surface area contributed by atoms with E-state index in [9.17, 15) is 14.4 Å². The number of hydrogen-bond acceptors (Lipinski definition) is 7. The minimum Gasteiger partial charge on any atom is -0.462 e. The first-order valence-corrected chi connectivity index (χ1v) is 9.96. The second-order valence-electron chi connectivity index (χ2n) is 6.39. The third-order valence-electron chi connectivity index (χ3n) is 3.75. The Morgan fingerprint density at radius 1 is 1.14 bits per heavy atom. The molecule has 1 amide bonds. The number of ether oxygens (including phenoxy) is 1. The average molecular weight is 415 g/mol. The Kier molecular flexibility index (Phi) is 6.32. The van der Waals surface area contributed by atoms with Gasteiger partial charge >= 0.3 is 11.7 Å². The second-order valence-corrected chi connectivity index (χ2v) is 7.99. The maximum atomic E-state index is 12.5. The lowest BCUT2D eigenvalue weighted by molar-refractivity contribution is -0.117. The first kappa shape index (κ1) is 20.6. The molecule has 2 aromatic heterocycles. The highest BCUT2D eigenvalue weighted by atomic mass is 32.2. The number of fused-ring (bicyclic) bond motifs is 1. The van der Waals surface area contributed by atoms with E-state index >= 15 is 0 Å². The standard InChI is InChI=1S/C19H21N5O4S/c1-4-28-18(26)13-5-7-14(8-6-13)20-16(25)11-23-19(27)24-15(21-23)9-10-17(22-24)29-12(2)3/h5-10,12H,4,11H2,1-3H3,(H,20,25). The van der Waals surface area contributed by atoms with E-state index in [-0.39, 0.29) is 13.2 Å². The van der Waals surface area contributed by atoms with Crippen molar-refractivity contribution in [2.24, 2.45) is 0 Å². The van der Waals surface area contributed by atoms with Gasteiger partial charge in [0.05, 0.1) is 12.2 Å². The molecule has 0 saturated heterocycles. The smallest absolute Gasteiger partial charge is 0.367 e. The zero-order valence-corrected chi connectivity index (χ0v) is 17.1. The Bertz CT molecular complexity index is 1090. The monoisotopic (exact) mass is 415 g/mol. The van der Waals surface area contributed by atoms with Crippen LogP contribution < -0.4 is 11.0 Å². The molecule has 0 fully saturated rings. The van der Waals surface area contributed by atoms with Gasteiger partial charge in [0.25, 0.3) is 0 Å². The van der Waals surface area contributed by atoms with Crippen LogP contribution in [0.25, 0.3) is 5.65 Å². The molecule has 0 spiro atoms. The number of hydrogen-bond donors (Lipinski definition) is 1. The average Bonchev–Trinajstić information content (AvgIpc) is 2.97. The summed E-state index contributed by atoms with van der Waals surface area (Å²) in [6.07, 6.45) is 0. The normalized spacial score (nSPS) is 11.0. The summed E-state index contributed by atoms with van der Waals surface area (Å²) < 4.78 is 7.17. The highest BCUT2D eigenvalue weighted by Gasteiger charge is 2.13. The van der Waals surface area contributed by atoms with Crippen molar-refractivity contribution in [2.45, 2.75) is 37.6 Å². The van der Waals surface area contributed by atoms with Gasteiger partial charge < -0.3 is 10.1 Å². The molecule has 2 heterocycles. The van der Waals surface area contributed by atoms with E-state index in [1.165, 1.54) is 16.3 Å². The molecule has 3 aromatic rings. The zero-order chi connectivity index (χ0) is 21.0. The molecule has 0 aliphatic heterocycles. The van der Waals surface area contributed by atoms with Gasteiger partial charge in [-0.1, -0.05) is 13.8 Å². The van der Waals surface area contributed by atoms with Crippen molar-refractivity contribution in [1.29, 1.82) is 0 Å². The van der Waals surface area contributed by atoms with Gasteiger partial charge in [-0.2, -0.15) is 9.61 Å². The van der Waals surface area contributed by atoms with Gasteiger partial charge in [-0.15, -0.1) is 16.9 Å². The summed E-state index contributed by atoms with van der Waals surface area (Å²) >= 11 is 1.53. The minimum absolute atomic E-state index is 0.255. The molecule has 0 radical (unpaired) electrons. The number of nitrogens with one attached hydrogen (secondary N) is 1. The lowest BCUT2D eigenvalue weighted by Gasteiger charge is -2.06. The molecular weight excluding hydrogens is 394 g/mol. The molecule has 29 heavy (non-hydrogen) atoms. The summed E-state index contributed by atoms with van der Waals surface area (Å²) in [5.41, 5.74) is 0.768. The maximum absolute atomic E-state index is 12.5. The number of aromatic nitrogens is 4. The van der Waals surface area contributed by atoms with E-state index in [1.54, 1.807) is 43.3 Å². The lowest BCUT2D eigenvalue weighted by Crippen LogP contribution is -2.28. The number of benzene rings is 1. The largest absolute Gasteiger partial charge is 0.462 e. The molecule has 0 unspecified atom stereocenters. The van der Waals surface area contributed by atoms with Gasteiger partial charge in [0.15, 0.2) is 5.65 Å². The molecule has 1 N–H and O–H groups in total. The van der Waals surface area contributed by atoms with E-state index in [1.807, 2.05) is 13.8 Å². The maximum Gasteiger partial charge on any atom is 0.367 e. The summed E-state index contributed by atoms with van der Waals surface area (Å²) in [7, 11) is 0. The fourth-order valence-corrected chi connectivity index (χ4v) is 3.30. The molecule has 0 bridgehead atoms. The quantitative estimate of drug-likeness (QED) is 0.466. The third-order valence-corrected chi connectivity index (χ3v) is 4.68. The highest BCUT2D eigenvalue weighted by Crippen LogP contribution is 2.19. The second kappa shape index (κ2) is 8.91. The van der Waals surface area contributed by atoms with E-state index in [4.69, 9.17) is 4.74 Å². The summed E-state index contributed by atoms with van der Waals surface area (Å²) in [4.78, 5) is 36.5. The number of thioether (sulfide) groups is 1. The van der Waals surface area contributed by atoms with Crippen LogP contribution in [0.4, 0.5) is 5.69 Å². The molecule has 3 rings (SSSR count). The number of rotatable bonds is 7. The van der Waals surface area contributed by atoms with Crippen LogP contribution in [0, 0.1) is 0 Å². The van der Waals surface area contributed by atoms with Gasteiger partial charge in [0.2, 0.25) is 5.91 Å². The Balaban J connectivity index is 1.70.